The Morgan fingerprint density at radius 3 is 2.58 bits per heavy atom. The van der Waals surface area contributed by atoms with Crippen molar-refractivity contribution in [3.63, 3.8) is 0 Å². The second-order valence-corrected chi connectivity index (χ2v) is 11.1. The zero-order chi connectivity index (χ0) is 29.7. The monoisotopic (exact) mass is 570 g/mol. The van der Waals surface area contributed by atoms with Crippen LogP contribution in [0.25, 0.3) is 33.6 Å². The van der Waals surface area contributed by atoms with E-state index in [9.17, 15) is 14.0 Å². The molecule has 7 rings (SSSR count). The van der Waals surface area contributed by atoms with Gasteiger partial charge in [0.05, 0.1) is 28.5 Å². The Morgan fingerprint density at radius 2 is 1.81 bits per heavy atom. The van der Waals surface area contributed by atoms with Crippen LogP contribution in [0.5, 0.6) is 0 Å². The number of halogens is 1. The Morgan fingerprint density at radius 1 is 1.00 bits per heavy atom. The number of fused-ring (bicyclic) bond motifs is 2. The Bertz CT molecular complexity index is 2010. The highest BCUT2D eigenvalue weighted by Gasteiger charge is 2.47. The number of nitrogens with one attached hydrogen (secondary N) is 1. The molecule has 4 aromatic rings. The van der Waals surface area contributed by atoms with Gasteiger partial charge in [0, 0.05) is 28.3 Å². The number of amides is 2. The van der Waals surface area contributed by atoms with Gasteiger partial charge in [-0.3, -0.25) is 14.6 Å². The van der Waals surface area contributed by atoms with E-state index >= 15 is 0 Å². The molecule has 212 valence electrons. The molecule has 0 radical (unpaired) electrons. The summed E-state index contributed by atoms with van der Waals surface area (Å²) in [7, 11) is 0. The van der Waals surface area contributed by atoms with Gasteiger partial charge < -0.3 is 15.5 Å². The van der Waals surface area contributed by atoms with Crippen LogP contribution >= 0.6 is 0 Å². The van der Waals surface area contributed by atoms with Gasteiger partial charge in [-0.25, -0.2) is 9.37 Å². The van der Waals surface area contributed by atoms with Crippen LogP contribution in [0.4, 0.5) is 4.39 Å². The van der Waals surface area contributed by atoms with Crippen LogP contribution < -0.4 is 11.1 Å². The molecule has 0 atom stereocenters. The first-order valence-electron chi connectivity index (χ1n) is 14.0. The van der Waals surface area contributed by atoms with E-state index in [1.54, 1.807) is 36.7 Å². The number of pyridine rings is 2. The van der Waals surface area contributed by atoms with Crippen molar-refractivity contribution in [3.8, 4) is 22.6 Å². The minimum Gasteiger partial charge on any atom is -0.455 e. The second kappa shape index (κ2) is 10.2. The zero-order valence-electron chi connectivity index (χ0n) is 23.4. The van der Waals surface area contributed by atoms with Crippen molar-refractivity contribution in [1.29, 1.82) is 0 Å². The SMILES string of the molecule is Cc1ccc(C(=O)NC2(c3ccc4ccncc4n3)CC2)cc1-c1ccc2cc(Cc3ccc(F)cc3)c(C(N)=O)c-2o1. The Balaban J connectivity index is 1.20. The van der Waals surface area contributed by atoms with Crippen molar-refractivity contribution >= 4 is 22.7 Å². The van der Waals surface area contributed by atoms with E-state index in [0.717, 1.165) is 51.7 Å². The molecule has 3 aliphatic rings. The molecule has 2 aliphatic carbocycles. The number of nitrogens with zero attached hydrogens (tertiary/aromatic N) is 2. The van der Waals surface area contributed by atoms with Crippen LogP contribution in [0, 0.1) is 12.7 Å². The first-order chi connectivity index (χ1) is 20.8. The molecule has 2 amide bonds. The summed E-state index contributed by atoms with van der Waals surface area (Å²) in [6, 6.07) is 23.1. The third kappa shape index (κ3) is 4.91. The van der Waals surface area contributed by atoms with Gasteiger partial charge in [-0.1, -0.05) is 24.3 Å². The summed E-state index contributed by atoms with van der Waals surface area (Å²) in [5.74, 6) is -0.255. The lowest BCUT2D eigenvalue weighted by atomic mass is 10.0. The van der Waals surface area contributed by atoms with E-state index in [0.29, 0.717) is 34.6 Å². The molecular weight excluding hydrogens is 543 g/mol. The molecule has 3 heterocycles. The van der Waals surface area contributed by atoms with E-state index in [4.69, 9.17) is 15.1 Å². The number of benzene rings is 2. The topological polar surface area (TPSA) is 111 Å². The maximum absolute atomic E-state index is 13.5. The van der Waals surface area contributed by atoms with Crippen LogP contribution in [-0.4, -0.2) is 21.8 Å². The molecular formula is C35H27FN4O3. The fourth-order valence-corrected chi connectivity index (χ4v) is 5.66. The van der Waals surface area contributed by atoms with Crippen LogP contribution in [0.1, 0.15) is 55.9 Å². The number of nitrogens with two attached hydrogens (primary N) is 1. The van der Waals surface area contributed by atoms with Gasteiger partial charge in [0.2, 0.25) is 0 Å². The van der Waals surface area contributed by atoms with Crippen LogP contribution in [0.2, 0.25) is 0 Å². The minimum absolute atomic E-state index is 0.208. The molecule has 7 nitrogen and oxygen atoms in total. The van der Waals surface area contributed by atoms with Gasteiger partial charge in [0.1, 0.15) is 17.3 Å². The molecule has 1 saturated carbocycles. The highest BCUT2D eigenvalue weighted by Crippen LogP contribution is 2.45. The first-order valence-corrected chi connectivity index (χ1v) is 14.0. The molecule has 2 aromatic carbocycles. The molecule has 1 fully saturated rings. The highest BCUT2D eigenvalue weighted by molar-refractivity contribution is 6.02. The summed E-state index contributed by atoms with van der Waals surface area (Å²) in [4.78, 5) is 35.0. The van der Waals surface area contributed by atoms with Gasteiger partial charge in [0.15, 0.2) is 0 Å². The molecule has 3 N–H and O–H groups in total. The van der Waals surface area contributed by atoms with Gasteiger partial charge in [0.25, 0.3) is 11.8 Å². The zero-order valence-corrected chi connectivity index (χ0v) is 23.4. The molecule has 0 spiro atoms. The maximum Gasteiger partial charge on any atom is 0.252 e. The summed E-state index contributed by atoms with van der Waals surface area (Å²) >= 11 is 0. The summed E-state index contributed by atoms with van der Waals surface area (Å²) < 4.78 is 19.7. The normalized spacial score (nSPS) is 13.7. The summed E-state index contributed by atoms with van der Waals surface area (Å²) in [6.45, 7) is 1.94. The molecule has 1 aliphatic heterocycles. The van der Waals surface area contributed by atoms with Gasteiger partial charge in [-0.05, 0) is 97.5 Å². The number of primary amides is 1. The molecule has 0 unspecified atom stereocenters. The van der Waals surface area contributed by atoms with Crippen molar-refractivity contribution < 1.29 is 18.4 Å². The maximum atomic E-state index is 13.5. The van der Waals surface area contributed by atoms with Gasteiger partial charge in [-0.2, -0.15) is 0 Å². The number of hydrogen-bond donors (Lipinski definition) is 2. The van der Waals surface area contributed by atoms with E-state index in [2.05, 4.69) is 10.3 Å². The first kappa shape index (κ1) is 26.5. The number of carbonyl (C=O) groups is 2. The Kier molecular flexibility index (Phi) is 6.27. The third-order valence-electron chi connectivity index (χ3n) is 8.17. The van der Waals surface area contributed by atoms with E-state index in [1.165, 1.54) is 12.1 Å². The van der Waals surface area contributed by atoms with Crippen molar-refractivity contribution in [2.45, 2.75) is 31.7 Å². The average molecular weight is 571 g/mol. The van der Waals surface area contributed by atoms with Crippen molar-refractivity contribution in [2.75, 3.05) is 0 Å². The molecule has 0 saturated heterocycles. The predicted octanol–water partition coefficient (Wildman–Crippen LogP) is 6.55. The number of aromatic nitrogens is 2. The summed E-state index contributed by atoms with van der Waals surface area (Å²) in [5, 5.41) is 4.21. The third-order valence-corrected chi connectivity index (χ3v) is 8.17. The smallest absolute Gasteiger partial charge is 0.252 e. The predicted molar refractivity (Wildman–Crippen MR) is 161 cm³/mol. The van der Waals surface area contributed by atoms with E-state index in [-0.39, 0.29) is 11.7 Å². The molecule has 0 bridgehead atoms. The molecule has 2 aromatic heterocycles. The Hall–Kier alpha value is -5.37. The molecule has 8 heteroatoms. The second-order valence-electron chi connectivity index (χ2n) is 11.1. The summed E-state index contributed by atoms with van der Waals surface area (Å²) in [5.41, 5.74) is 11.6. The standard InChI is InChI=1S/C35H27FN4O3/c1-20-2-5-24(34(42)40-35(13-14-35)30-11-7-22-12-15-38-19-28(22)39-30)18-27(20)29-10-6-23-17-25(31(33(37)41)32(23)43-29)16-21-3-8-26(36)9-4-21/h2-12,15,17-19H,13-14,16H2,1H3,(H2,37,41)(H,40,42). The lowest BCUT2D eigenvalue weighted by Crippen LogP contribution is -2.35. The number of carbonyl (C=O) groups excluding carboxylic acids is 2. The van der Waals surface area contributed by atoms with E-state index < -0.39 is 11.4 Å². The fraction of sp³-hybridized carbons (Fsp3) is 0.143. The van der Waals surface area contributed by atoms with Gasteiger partial charge in [-0.15, -0.1) is 0 Å². The number of aryl methyl sites for hydroxylation is 1. The lowest BCUT2D eigenvalue weighted by molar-refractivity contribution is 0.0929. The van der Waals surface area contributed by atoms with Crippen LogP contribution in [0.3, 0.4) is 0 Å². The van der Waals surface area contributed by atoms with Crippen LogP contribution in [-0.2, 0) is 12.0 Å². The minimum atomic E-state index is -0.606. The van der Waals surface area contributed by atoms with E-state index in [1.807, 2.05) is 49.4 Å². The lowest BCUT2D eigenvalue weighted by Gasteiger charge is -2.18. The number of rotatable bonds is 7. The number of hydrogen-bond acceptors (Lipinski definition) is 5. The molecule has 43 heavy (non-hydrogen) atoms. The quantitative estimate of drug-likeness (QED) is 0.226. The average Bonchev–Trinajstić information content (AvgIpc) is 3.70. The van der Waals surface area contributed by atoms with Crippen LogP contribution in [0.15, 0.2) is 95.7 Å². The fourth-order valence-electron chi connectivity index (χ4n) is 5.66. The van der Waals surface area contributed by atoms with Crippen molar-refractivity contribution in [3.05, 3.63) is 131 Å². The van der Waals surface area contributed by atoms with Gasteiger partial charge >= 0.3 is 0 Å². The van der Waals surface area contributed by atoms with Crippen molar-refractivity contribution in [1.82, 2.24) is 15.3 Å². The van der Waals surface area contributed by atoms with Crippen molar-refractivity contribution in [2.24, 2.45) is 5.73 Å². The largest absolute Gasteiger partial charge is 0.455 e. The summed E-state index contributed by atoms with van der Waals surface area (Å²) in [6.07, 6.45) is 5.46. The Labute approximate surface area is 246 Å². The highest BCUT2D eigenvalue weighted by atomic mass is 19.1.